The van der Waals surface area contributed by atoms with E-state index in [2.05, 4.69) is 4.99 Å². The average Bonchev–Trinajstić information content (AvgIpc) is 2.88. The highest BCUT2D eigenvalue weighted by Gasteiger charge is 2.43. The van der Waals surface area contributed by atoms with E-state index >= 15 is 0 Å². The van der Waals surface area contributed by atoms with Crippen molar-refractivity contribution >= 4 is 40.9 Å². The van der Waals surface area contributed by atoms with E-state index in [9.17, 15) is 24.5 Å². The summed E-state index contributed by atoms with van der Waals surface area (Å²) in [6, 6.07) is 15.2. The topological polar surface area (TPSA) is 125 Å². The molecule has 0 radical (unpaired) electrons. The number of nitrogens with zero attached hydrogens (tertiary/aromatic N) is 2. The molecule has 2 aromatic rings. The lowest BCUT2D eigenvalue weighted by molar-refractivity contribution is -0.384. The Bertz CT molecular complexity index is 1240. The van der Waals surface area contributed by atoms with E-state index < -0.39 is 28.7 Å². The fourth-order valence-electron chi connectivity index (χ4n) is 4.25. The molecule has 0 aliphatic carbocycles. The van der Waals surface area contributed by atoms with E-state index in [1.54, 1.807) is 19.9 Å². The molecule has 0 bridgehead atoms. The summed E-state index contributed by atoms with van der Waals surface area (Å²) in [6.07, 6.45) is 0.292. The molecule has 3 rings (SSSR count). The summed E-state index contributed by atoms with van der Waals surface area (Å²) in [6.45, 7) is 3.40. The Morgan fingerprint density at radius 2 is 1.84 bits per heavy atom. The molecule has 1 aliphatic rings. The number of thioether (sulfide) groups is 1. The van der Waals surface area contributed by atoms with Gasteiger partial charge in [0, 0.05) is 35.9 Å². The second kappa shape index (κ2) is 13.0. The first-order valence-corrected chi connectivity index (χ1v) is 12.8. The standard InChI is InChI=1S/C27H28N2O7S/c1-4-36-27(32)25-22(16-37-15-21(30)13-18-9-6-5-7-10-18)28-17(2)23(26(31)35-3)24(25)19-11-8-12-20(14-19)29(33)34/h5-12,14,23-24H,4,13,15-16H2,1-3H3. The van der Waals surface area contributed by atoms with Crippen molar-refractivity contribution in [1.82, 2.24) is 0 Å². The molecule has 10 heteroatoms. The quantitative estimate of drug-likeness (QED) is 0.242. The number of hydrogen-bond donors (Lipinski definition) is 0. The van der Waals surface area contributed by atoms with Gasteiger partial charge in [-0.3, -0.25) is 24.7 Å². The van der Waals surface area contributed by atoms with Crippen LogP contribution in [0.2, 0.25) is 0 Å². The van der Waals surface area contributed by atoms with Crippen molar-refractivity contribution in [3.8, 4) is 0 Å². The minimum Gasteiger partial charge on any atom is -0.468 e. The van der Waals surface area contributed by atoms with Gasteiger partial charge >= 0.3 is 11.9 Å². The lowest BCUT2D eigenvalue weighted by Crippen LogP contribution is -2.36. The number of carbonyl (C=O) groups is 3. The van der Waals surface area contributed by atoms with Gasteiger partial charge in [-0.15, -0.1) is 11.8 Å². The molecule has 0 aromatic heterocycles. The number of methoxy groups -OCH3 is 1. The van der Waals surface area contributed by atoms with E-state index in [0.717, 1.165) is 5.56 Å². The number of rotatable bonds is 11. The third-order valence-electron chi connectivity index (χ3n) is 5.85. The smallest absolute Gasteiger partial charge is 0.336 e. The zero-order chi connectivity index (χ0) is 26.9. The maximum absolute atomic E-state index is 13.2. The lowest BCUT2D eigenvalue weighted by Gasteiger charge is -2.31. The normalized spacial score (nSPS) is 17.1. The molecule has 2 aromatic carbocycles. The molecule has 0 amide bonds. The molecule has 2 unspecified atom stereocenters. The van der Waals surface area contributed by atoms with Gasteiger partial charge in [-0.05, 0) is 25.0 Å². The molecule has 0 saturated carbocycles. The molecule has 194 valence electrons. The second-order valence-electron chi connectivity index (χ2n) is 8.36. The summed E-state index contributed by atoms with van der Waals surface area (Å²) >= 11 is 1.30. The van der Waals surface area contributed by atoms with Crippen LogP contribution in [0.1, 0.15) is 30.9 Å². The highest BCUT2D eigenvalue weighted by Crippen LogP contribution is 2.41. The summed E-state index contributed by atoms with van der Waals surface area (Å²) in [5.41, 5.74) is 2.04. The molecule has 1 heterocycles. The fraction of sp³-hybridized carbons (Fsp3) is 0.333. The van der Waals surface area contributed by atoms with E-state index in [-0.39, 0.29) is 35.2 Å². The summed E-state index contributed by atoms with van der Waals surface area (Å²) in [7, 11) is 1.23. The van der Waals surface area contributed by atoms with Crippen molar-refractivity contribution in [1.29, 1.82) is 0 Å². The molecule has 2 atom stereocenters. The number of hydrogen-bond acceptors (Lipinski definition) is 9. The Morgan fingerprint density at radius 3 is 2.49 bits per heavy atom. The first-order chi connectivity index (χ1) is 17.8. The van der Waals surface area contributed by atoms with Crippen LogP contribution >= 0.6 is 11.8 Å². The van der Waals surface area contributed by atoms with Crippen LogP contribution in [-0.2, 0) is 30.3 Å². The van der Waals surface area contributed by atoms with Crippen molar-refractivity contribution in [2.75, 3.05) is 25.2 Å². The van der Waals surface area contributed by atoms with Crippen LogP contribution in [0, 0.1) is 16.0 Å². The Morgan fingerprint density at radius 1 is 1.11 bits per heavy atom. The number of nitro groups is 1. The molecule has 0 spiro atoms. The first kappa shape index (κ1) is 27.8. The predicted octanol–water partition coefficient (Wildman–Crippen LogP) is 4.30. The van der Waals surface area contributed by atoms with Crippen LogP contribution in [0.5, 0.6) is 0 Å². The van der Waals surface area contributed by atoms with Gasteiger partial charge in [-0.25, -0.2) is 4.79 Å². The largest absolute Gasteiger partial charge is 0.468 e. The van der Waals surface area contributed by atoms with Gasteiger partial charge < -0.3 is 9.47 Å². The number of carbonyl (C=O) groups excluding carboxylic acids is 3. The average molecular weight is 525 g/mol. The van der Waals surface area contributed by atoms with Crippen LogP contribution in [0.25, 0.3) is 0 Å². The van der Waals surface area contributed by atoms with E-state index in [1.165, 1.54) is 37.1 Å². The maximum atomic E-state index is 13.2. The van der Waals surface area contributed by atoms with Crippen molar-refractivity contribution in [2.45, 2.75) is 26.2 Å². The maximum Gasteiger partial charge on any atom is 0.336 e. The molecule has 0 saturated heterocycles. The minimum atomic E-state index is -0.972. The van der Waals surface area contributed by atoms with Gasteiger partial charge in [0.05, 0.1) is 35.7 Å². The summed E-state index contributed by atoms with van der Waals surface area (Å²) in [5.74, 6) is -2.73. The van der Waals surface area contributed by atoms with Gasteiger partial charge in [0.25, 0.3) is 5.69 Å². The van der Waals surface area contributed by atoms with E-state index in [0.29, 0.717) is 23.4 Å². The zero-order valence-corrected chi connectivity index (χ0v) is 21.7. The molecule has 0 N–H and O–H groups in total. The van der Waals surface area contributed by atoms with Crippen LogP contribution in [-0.4, -0.2) is 53.6 Å². The second-order valence-corrected chi connectivity index (χ2v) is 9.34. The summed E-state index contributed by atoms with van der Waals surface area (Å²) < 4.78 is 10.3. The summed E-state index contributed by atoms with van der Waals surface area (Å²) in [4.78, 5) is 54.0. The SMILES string of the molecule is CCOC(=O)C1=C(CSCC(=O)Cc2ccccc2)N=C(C)C(C(=O)OC)C1c1cccc([N+](=O)[O-])c1. The highest BCUT2D eigenvalue weighted by atomic mass is 32.2. The number of nitro benzene ring substituents is 1. The van der Waals surface area contributed by atoms with Crippen molar-refractivity contribution in [2.24, 2.45) is 10.9 Å². The third kappa shape index (κ3) is 6.91. The Labute approximate surface area is 219 Å². The first-order valence-electron chi connectivity index (χ1n) is 11.7. The number of esters is 2. The molecule has 0 fully saturated rings. The Balaban J connectivity index is 1.98. The fourth-order valence-corrected chi connectivity index (χ4v) is 5.10. The summed E-state index contributed by atoms with van der Waals surface area (Å²) in [5, 5.41) is 11.4. The van der Waals surface area contributed by atoms with Crippen LogP contribution in [0.15, 0.2) is 70.9 Å². The third-order valence-corrected chi connectivity index (χ3v) is 6.86. The van der Waals surface area contributed by atoms with Crippen molar-refractivity contribution in [3.63, 3.8) is 0 Å². The van der Waals surface area contributed by atoms with Gasteiger partial charge in [0.15, 0.2) is 0 Å². The van der Waals surface area contributed by atoms with E-state index in [1.807, 2.05) is 30.3 Å². The molecule has 1 aliphatic heterocycles. The van der Waals surface area contributed by atoms with Gasteiger partial charge in [-0.1, -0.05) is 42.5 Å². The number of ketones is 1. The van der Waals surface area contributed by atoms with Gasteiger partial charge in [0.1, 0.15) is 11.7 Å². The minimum absolute atomic E-state index is 0.0219. The molecule has 37 heavy (non-hydrogen) atoms. The zero-order valence-electron chi connectivity index (χ0n) is 20.8. The molecule has 9 nitrogen and oxygen atoms in total. The number of Topliss-reactive ketones (excluding diaryl/α,β-unsaturated/α-hetero) is 1. The highest BCUT2D eigenvalue weighted by molar-refractivity contribution is 8.00. The lowest BCUT2D eigenvalue weighted by atomic mass is 9.75. The Hall–Kier alpha value is -3.79. The number of non-ortho nitro benzene ring substituents is 1. The Kier molecular flexibility index (Phi) is 9.73. The van der Waals surface area contributed by atoms with E-state index in [4.69, 9.17) is 9.47 Å². The molecular formula is C27H28N2O7S. The number of aliphatic imine (C=N–C) groups is 1. The monoisotopic (exact) mass is 524 g/mol. The number of benzene rings is 2. The molecular weight excluding hydrogens is 496 g/mol. The van der Waals surface area contributed by atoms with Gasteiger partial charge in [-0.2, -0.15) is 0 Å². The van der Waals surface area contributed by atoms with Crippen LogP contribution < -0.4 is 0 Å². The number of ether oxygens (including phenoxy) is 2. The van der Waals surface area contributed by atoms with Crippen molar-refractivity contribution < 1.29 is 28.8 Å². The van der Waals surface area contributed by atoms with Crippen LogP contribution in [0.4, 0.5) is 5.69 Å². The van der Waals surface area contributed by atoms with Gasteiger partial charge in [0.2, 0.25) is 0 Å². The van der Waals surface area contributed by atoms with Crippen molar-refractivity contribution in [3.05, 3.63) is 87.1 Å². The predicted molar refractivity (Wildman–Crippen MR) is 141 cm³/mol. The van der Waals surface area contributed by atoms with Crippen LogP contribution in [0.3, 0.4) is 0 Å².